The van der Waals surface area contributed by atoms with Gasteiger partial charge < -0.3 is 10.2 Å². The van der Waals surface area contributed by atoms with Crippen LogP contribution in [0.4, 0.5) is 5.69 Å². The van der Waals surface area contributed by atoms with Crippen molar-refractivity contribution in [3.63, 3.8) is 0 Å². The van der Waals surface area contributed by atoms with Gasteiger partial charge in [0.05, 0.1) is 11.9 Å². The molecule has 0 aliphatic rings. The van der Waals surface area contributed by atoms with E-state index in [0.717, 1.165) is 16.1 Å². The van der Waals surface area contributed by atoms with Crippen molar-refractivity contribution in [2.45, 2.75) is 66.1 Å². The van der Waals surface area contributed by atoms with Crippen molar-refractivity contribution in [3.05, 3.63) is 63.1 Å². The van der Waals surface area contributed by atoms with Gasteiger partial charge in [-0.3, -0.25) is 13.9 Å². The molecule has 0 unspecified atom stereocenters. The van der Waals surface area contributed by atoms with Gasteiger partial charge in [-0.05, 0) is 70.4 Å². The molecule has 0 heterocycles. The fraction of sp³-hybridized carbons (Fsp3) is 0.462. The molecule has 0 bridgehead atoms. The number of anilines is 1. The molecule has 0 spiro atoms. The Morgan fingerprint density at radius 2 is 1.64 bits per heavy atom. The molecule has 2 aromatic rings. The van der Waals surface area contributed by atoms with Crippen LogP contribution in [0.1, 0.15) is 50.8 Å². The summed E-state index contributed by atoms with van der Waals surface area (Å²) < 4.78 is 26.7. The maximum absolute atomic E-state index is 13.8. The summed E-state index contributed by atoms with van der Waals surface area (Å²) in [5.74, 6) is -0.896. The normalized spacial score (nSPS) is 12.7. The van der Waals surface area contributed by atoms with Crippen molar-refractivity contribution in [1.82, 2.24) is 10.2 Å². The van der Waals surface area contributed by atoms with E-state index in [2.05, 4.69) is 5.32 Å². The minimum Gasteiger partial charge on any atom is -0.350 e. The number of carbonyl (C=O) groups excluding carboxylic acids is 2. The molecule has 2 rings (SSSR count). The van der Waals surface area contributed by atoms with E-state index in [1.807, 2.05) is 33.8 Å². The van der Waals surface area contributed by atoms with Crippen molar-refractivity contribution in [3.8, 4) is 0 Å². The molecule has 0 aliphatic carbocycles. The van der Waals surface area contributed by atoms with E-state index in [1.54, 1.807) is 44.2 Å². The van der Waals surface area contributed by atoms with E-state index in [0.29, 0.717) is 33.3 Å². The lowest BCUT2D eigenvalue weighted by atomic mass is 10.1. The number of nitrogens with zero attached hydrogens (tertiary/aromatic N) is 2. The summed E-state index contributed by atoms with van der Waals surface area (Å²) in [4.78, 5) is 28.4. The van der Waals surface area contributed by atoms with E-state index in [4.69, 9.17) is 23.2 Å². The molecule has 0 saturated heterocycles. The summed E-state index contributed by atoms with van der Waals surface area (Å²) in [6, 6.07) is 9.53. The Morgan fingerprint density at radius 1 is 1.06 bits per heavy atom. The highest BCUT2D eigenvalue weighted by atomic mass is 35.5. The molecule has 0 radical (unpaired) electrons. The standard InChI is InChI=1S/C26H35Cl2N3O4S/c1-8-22(25(33)29-26(4,5)6)30(15-19-20(27)10-9-11-21(19)28)24(32)16-31(36(7,34)35)23-14-17(2)12-13-18(23)3/h9-14,22H,8,15-16H2,1-7H3,(H,29,33)/t22-/m1/s1. The van der Waals surface area contributed by atoms with Gasteiger partial charge in [0.2, 0.25) is 21.8 Å². The predicted octanol–water partition coefficient (Wildman–Crippen LogP) is 5.10. The van der Waals surface area contributed by atoms with Crippen LogP contribution in [0.2, 0.25) is 10.0 Å². The van der Waals surface area contributed by atoms with Crippen LogP contribution in [-0.2, 0) is 26.2 Å². The lowest BCUT2D eigenvalue weighted by molar-refractivity contribution is -0.141. The lowest BCUT2D eigenvalue weighted by Crippen LogP contribution is -2.55. The molecule has 0 saturated carbocycles. The number of rotatable bonds is 9. The number of carbonyl (C=O) groups is 2. The molecule has 1 atom stereocenters. The SMILES string of the molecule is CC[C@H](C(=O)NC(C)(C)C)N(Cc1c(Cl)cccc1Cl)C(=O)CN(c1cc(C)ccc1C)S(C)(=O)=O. The van der Waals surface area contributed by atoms with Crippen molar-refractivity contribution in [1.29, 1.82) is 0 Å². The molecule has 2 aromatic carbocycles. The minimum atomic E-state index is -3.82. The Morgan fingerprint density at radius 3 is 2.14 bits per heavy atom. The van der Waals surface area contributed by atoms with Crippen molar-refractivity contribution < 1.29 is 18.0 Å². The Bertz CT molecular complexity index is 1210. The third-order valence-corrected chi connectivity index (χ3v) is 7.42. The third kappa shape index (κ3) is 7.85. The summed E-state index contributed by atoms with van der Waals surface area (Å²) >= 11 is 12.8. The average molecular weight is 557 g/mol. The van der Waals surface area contributed by atoms with E-state index in [1.165, 1.54) is 4.90 Å². The lowest BCUT2D eigenvalue weighted by Gasteiger charge is -2.35. The van der Waals surface area contributed by atoms with Crippen LogP contribution >= 0.6 is 23.2 Å². The Kier molecular flexibility index (Phi) is 9.84. The van der Waals surface area contributed by atoms with Crippen LogP contribution in [0.3, 0.4) is 0 Å². The maximum atomic E-state index is 13.8. The second kappa shape index (κ2) is 11.8. The van der Waals surface area contributed by atoms with E-state index < -0.39 is 34.1 Å². The molecule has 0 fully saturated rings. The van der Waals surface area contributed by atoms with Crippen LogP contribution in [0, 0.1) is 13.8 Å². The molecular weight excluding hydrogens is 521 g/mol. The molecule has 1 N–H and O–H groups in total. The third-order valence-electron chi connectivity index (χ3n) is 5.59. The van der Waals surface area contributed by atoms with Gasteiger partial charge in [-0.2, -0.15) is 0 Å². The molecular formula is C26H35Cl2N3O4S. The summed E-state index contributed by atoms with van der Waals surface area (Å²) in [5, 5.41) is 3.62. The number of benzene rings is 2. The summed E-state index contributed by atoms with van der Waals surface area (Å²) in [6.45, 7) is 10.4. The monoisotopic (exact) mass is 555 g/mol. The molecule has 7 nitrogen and oxygen atoms in total. The summed E-state index contributed by atoms with van der Waals surface area (Å²) in [7, 11) is -3.82. The molecule has 0 aliphatic heterocycles. The average Bonchev–Trinajstić information content (AvgIpc) is 2.73. The predicted molar refractivity (Wildman–Crippen MR) is 147 cm³/mol. The number of hydrogen-bond donors (Lipinski definition) is 1. The van der Waals surface area contributed by atoms with Crippen LogP contribution in [0.5, 0.6) is 0 Å². The van der Waals surface area contributed by atoms with E-state index in [9.17, 15) is 18.0 Å². The number of aryl methyl sites for hydroxylation is 2. The number of halogens is 2. The van der Waals surface area contributed by atoms with E-state index in [-0.39, 0.29) is 12.5 Å². The fourth-order valence-corrected chi connectivity index (χ4v) is 5.22. The topological polar surface area (TPSA) is 86.8 Å². The van der Waals surface area contributed by atoms with Gasteiger partial charge in [0.1, 0.15) is 12.6 Å². The first-order valence-electron chi connectivity index (χ1n) is 11.6. The fourth-order valence-electron chi connectivity index (χ4n) is 3.81. The zero-order valence-corrected chi connectivity index (χ0v) is 24.2. The first-order chi connectivity index (χ1) is 16.5. The highest BCUT2D eigenvalue weighted by molar-refractivity contribution is 7.92. The molecule has 198 valence electrons. The highest BCUT2D eigenvalue weighted by Crippen LogP contribution is 2.28. The Labute approximate surface area is 224 Å². The van der Waals surface area contributed by atoms with Gasteiger partial charge in [-0.25, -0.2) is 8.42 Å². The van der Waals surface area contributed by atoms with Crippen LogP contribution in [-0.4, -0.2) is 49.5 Å². The van der Waals surface area contributed by atoms with Crippen LogP contribution in [0.25, 0.3) is 0 Å². The molecule has 0 aromatic heterocycles. The zero-order valence-electron chi connectivity index (χ0n) is 21.9. The van der Waals surface area contributed by atoms with Crippen molar-refractivity contribution in [2.24, 2.45) is 0 Å². The highest BCUT2D eigenvalue weighted by Gasteiger charge is 2.34. The van der Waals surface area contributed by atoms with Crippen molar-refractivity contribution in [2.75, 3.05) is 17.1 Å². The first kappa shape index (κ1) is 29.9. The van der Waals surface area contributed by atoms with Gasteiger partial charge in [0.25, 0.3) is 0 Å². The van der Waals surface area contributed by atoms with Crippen molar-refractivity contribution >= 4 is 50.7 Å². The maximum Gasteiger partial charge on any atom is 0.244 e. The smallest absolute Gasteiger partial charge is 0.244 e. The quantitative estimate of drug-likeness (QED) is 0.466. The van der Waals surface area contributed by atoms with Gasteiger partial charge in [0, 0.05) is 27.7 Å². The zero-order chi connectivity index (χ0) is 27.4. The van der Waals surface area contributed by atoms with Crippen LogP contribution in [0.15, 0.2) is 36.4 Å². The first-order valence-corrected chi connectivity index (χ1v) is 14.2. The largest absolute Gasteiger partial charge is 0.350 e. The second-order valence-corrected chi connectivity index (χ2v) is 12.7. The van der Waals surface area contributed by atoms with Crippen LogP contribution < -0.4 is 9.62 Å². The molecule has 2 amide bonds. The number of hydrogen-bond acceptors (Lipinski definition) is 4. The molecule has 36 heavy (non-hydrogen) atoms. The van der Waals surface area contributed by atoms with Gasteiger partial charge in [-0.1, -0.05) is 48.3 Å². The minimum absolute atomic E-state index is 0.0577. The number of amides is 2. The van der Waals surface area contributed by atoms with E-state index >= 15 is 0 Å². The Hall–Kier alpha value is -2.29. The van der Waals surface area contributed by atoms with Gasteiger partial charge in [-0.15, -0.1) is 0 Å². The number of nitrogens with one attached hydrogen (secondary N) is 1. The number of sulfonamides is 1. The van der Waals surface area contributed by atoms with Gasteiger partial charge in [0.15, 0.2) is 0 Å². The molecule has 10 heteroatoms. The summed E-state index contributed by atoms with van der Waals surface area (Å²) in [5.41, 5.74) is 1.92. The van der Waals surface area contributed by atoms with Gasteiger partial charge >= 0.3 is 0 Å². The summed E-state index contributed by atoms with van der Waals surface area (Å²) in [6.07, 6.45) is 1.36. The Balaban J connectivity index is 2.57. The second-order valence-electron chi connectivity index (χ2n) is 9.94.